The Morgan fingerprint density at radius 2 is 1.53 bits per heavy atom. The van der Waals surface area contributed by atoms with Crippen molar-refractivity contribution in [1.82, 2.24) is 4.90 Å². The van der Waals surface area contributed by atoms with E-state index in [9.17, 15) is 9.59 Å². The average molecular weight is 267 g/mol. The van der Waals surface area contributed by atoms with Gasteiger partial charge in [0, 0.05) is 19.5 Å². The maximum absolute atomic E-state index is 12.3. The molecule has 4 nitrogen and oxygen atoms in total. The molecule has 1 N–H and O–H groups in total. The van der Waals surface area contributed by atoms with E-state index < -0.39 is 5.97 Å². The number of amides is 1. The zero-order valence-electron chi connectivity index (χ0n) is 11.8. The lowest BCUT2D eigenvalue weighted by atomic mass is 9.81. The Labute approximate surface area is 115 Å². The van der Waals surface area contributed by atoms with E-state index in [-0.39, 0.29) is 17.7 Å². The first-order chi connectivity index (χ1) is 9.08. The van der Waals surface area contributed by atoms with Gasteiger partial charge in [-0.05, 0) is 44.4 Å². The molecule has 0 spiro atoms. The Morgan fingerprint density at radius 3 is 2.05 bits per heavy atom. The van der Waals surface area contributed by atoms with Gasteiger partial charge in [-0.25, -0.2) is 0 Å². The molecule has 2 aliphatic rings. The summed E-state index contributed by atoms with van der Waals surface area (Å²) in [6, 6.07) is 0. The Balaban J connectivity index is 1.78. The quantitative estimate of drug-likeness (QED) is 0.851. The van der Waals surface area contributed by atoms with E-state index in [0.717, 1.165) is 19.4 Å². The number of hydrogen-bond acceptors (Lipinski definition) is 2. The number of carbonyl (C=O) groups excluding carboxylic acids is 1. The summed E-state index contributed by atoms with van der Waals surface area (Å²) in [6.45, 7) is 0.887. The number of carboxylic acids is 1. The van der Waals surface area contributed by atoms with Crippen molar-refractivity contribution in [3.63, 3.8) is 0 Å². The van der Waals surface area contributed by atoms with E-state index in [2.05, 4.69) is 0 Å². The molecular weight excluding hydrogens is 242 g/mol. The smallest absolute Gasteiger partial charge is 0.306 e. The van der Waals surface area contributed by atoms with E-state index in [0.29, 0.717) is 18.8 Å². The van der Waals surface area contributed by atoms with Gasteiger partial charge < -0.3 is 10.0 Å². The van der Waals surface area contributed by atoms with Gasteiger partial charge in [-0.3, -0.25) is 9.59 Å². The summed E-state index contributed by atoms with van der Waals surface area (Å²) in [5.74, 6) is 0.0384. The van der Waals surface area contributed by atoms with Crippen molar-refractivity contribution >= 4 is 11.9 Å². The summed E-state index contributed by atoms with van der Waals surface area (Å²) < 4.78 is 0. The molecule has 0 bridgehead atoms. The third kappa shape index (κ3) is 3.71. The van der Waals surface area contributed by atoms with Crippen LogP contribution in [0.3, 0.4) is 0 Å². The first kappa shape index (κ1) is 14.4. The second-order valence-electron chi connectivity index (χ2n) is 6.26. The Kier molecular flexibility index (Phi) is 4.83. The third-order valence-electron chi connectivity index (χ3n) is 4.81. The molecule has 2 saturated carbocycles. The predicted molar refractivity (Wildman–Crippen MR) is 72.7 cm³/mol. The molecule has 0 heterocycles. The minimum atomic E-state index is -0.704. The van der Waals surface area contributed by atoms with Crippen LogP contribution >= 0.6 is 0 Å². The highest BCUT2D eigenvalue weighted by Crippen LogP contribution is 2.31. The standard InChI is InChI=1S/C15H25NO3/c1-16(10-11-4-2-3-5-11)14(17)12-6-8-13(9-7-12)15(18)19/h11-13H,2-10H2,1H3,(H,18,19). The molecule has 0 aromatic heterocycles. The number of carbonyl (C=O) groups is 2. The van der Waals surface area contributed by atoms with Gasteiger partial charge in [-0.15, -0.1) is 0 Å². The van der Waals surface area contributed by atoms with Crippen LogP contribution in [0.4, 0.5) is 0 Å². The van der Waals surface area contributed by atoms with Crippen LogP contribution in [0.25, 0.3) is 0 Å². The van der Waals surface area contributed by atoms with Crippen LogP contribution < -0.4 is 0 Å². The van der Waals surface area contributed by atoms with Crippen molar-refractivity contribution in [3.8, 4) is 0 Å². The minimum Gasteiger partial charge on any atom is -0.481 e. The van der Waals surface area contributed by atoms with Crippen LogP contribution in [0.2, 0.25) is 0 Å². The molecule has 2 aliphatic carbocycles. The van der Waals surface area contributed by atoms with Gasteiger partial charge in [0.15, 0.2) is 0 Å². The first-order valence-corrected chi connectivity index (χ1v) is 7.55. The molecule has 1 amide bonds. The van der Waals surface area contributed by atoms with Crippen LogP contribution in [0.1, 0.15) is 51.4 Å². The summed E-state index contributed by atoms with van der Waals surface area (Å²) >= 11 is 0. The van der Waals surface area contributed by atoms with E-state index in [4.69, 9.17) is 5.11 Å². The van der Waals surface area contributed by atoms with Gasteiger partial charge in [0.25, 0.3) is 0 Å². The molecule has 0 radical (unpaired) electrons. The van der Waals surface area contributed by atoms with E-state index in [1.165, 1.54) is 25.7 Å². The van der Waals surface area contributed by atoms with Crippen LogP contribution in [0, 0.1) is 17.8 Å². The fraction of sp³-hybridized carbons (Fsp3) is 0.867. The zero-order chi connectivity index (χ0) is 13.8. The van der Waals surface area contributed by atoms with Gasteiger partial charge in [0.1, 0.15) is 0 Å². The van der Waals surface area contributed by atoms with Crippen molar-refractivity contribution in [2.45, 2.75) is 51.4 Å². The van der Waals surface area contributed by atoms with E-state index >= 15 is 0 Å². The van der Waals surface area contributed by atoms with Gasteiger partial charge in [0.2, 0.25) is 5.91 Å². The summed E-state index contributed by atoms with van der Waals surface area (Å²) in [6.07, 6.45) is 7.90. The van der Waals surface area contributed by atoms with Crippen LogP contribution in [0.15, 0.2) is 0 Å². The molecule has 0 atom stereocenters. The molecule has 0 aliphatic heterocycles. The number of aliphatic carboxylic acids is 1. The first-order valence-electron chi connectivity index (χ1n) is 7.55. The predicted octanol–water partition coefficient (Wildman–Crippen LogP) is 2.53. The molecule has 0 unspecified atom stereocenters. The summed E-state index contributed by atoms with van der Waals surface area (Å²) in [7, 11) is 1.91. The SMILES string of the molecule is CN(CC1CCCC1)C(=O)C1CCC(C(=O)O)CC1. The molecule has 108 valence electrons. The number of nitrogens with zero attached hydrogens (tertiary/aromatic N) is 1. The summed E-state index contributed by atoms with van der Waals surface area (Å²) in [5.41, 5.74) is 0. The van der Waals surface area contributed by atoms with Gasteiger partial charge in [-0.1, -0.05) is 12.8 Å². The molecule has 2 fully saturated rings. The summed E-state index contributed by atoms with van der Waals surface area (Å²) in [5, 5.41) is 8.97. The fourth-order valence-corrected chi connectivity index (χ4v) is 3.57. The topological polar surface area (TPSA) is 57.6 Å². The van der Waals surface area contributed by atoms with Crippen molar-refractivity contribution in [3.05, 3.63) is 0 Å². The largest absolute Gasteiger partial charge is 0.481 e. The molecule has 0 saturated heterocycles. The number of rotatable bonds is 4. The van der Waals surface area contributed by atoms with Crippen molar-refractivity contribution < 1.29 is 14.7 Å². The van der Waals surface area contributed by atoms with Crippen molar-refractivity contribution in [2.75, 3.05) is 13.6 Å². The third-order valence-corrected chi connectivity index (χ3v) is 4.81. The Bertz CT molecular complexity index is 328. The second-order valence-corrected chi connectivity index (χ2v) is 6.26. The molecule has 0 aromatic rings. The Hall–Kier alpha value is -1.06. The second kappa shape index (κ2) is 6.40. The van der Waals surface area contributed by atoms with Gasteiger partial charge >= 0.3 is 5.97 Å². The highest BCUT2D eigenvalue weighted by atomic mass is 16.4. The van der Waals surface area contributed by atoms with Gasteiger partial charge in [-0.2, -0.15) is 0 Å². The van der Waals surface area contributed by atoms with Crippen LogP contribution in [-0.2, 0) is 9.59 Å². The molecule has 4 heteroatoms. The Morgan fingerprint density at radius 1 is 1.00 bits per heavy atom. The zero-order valence-corrected chi connectivity index (χ0v) is 11.8. The van der Waals surface area contributed by atoms with Crippen molar-refractivity contribution in [2.24, 2.45) is 17.8 Å². The monoisotopic (exact) mass is 267 g/mol. The highest BCUT2D eigenvalue weighted by molar-refractivity contribution is 5.79. The minimum absolute atomic E-state index is 0.0574. The van der Waals surface area contributed by atoms with Crippen LogP contribution in [0.5, 0.6) is 0 Å². The lowest BCUT2D eigenvalue weighted by Crippen LogP contribution is -2.38. The lowest BCUT2D eigenvalue weighted by Gasteiger charge is -2.30. The maximum Gasteiger partial charge on any atom is 0.306 e. The molecular formula is C15H25NO3. The van der Waals surface area contributed by atoms with E-state index in [1.54, 1.807) is 0 Å². The highest BCUT2D eigenvalue weighted by Gasteiger charge is 2.31. The lowest BCUT2D eigenvalue weighted by molar-refractivity contribution is -0.145. The van der Waals surface area contributed by atoms with Gasteiger partial charge in [0.05, 0.1) is 5.92 Å². The average Bonchev–Trinajstić information content (AvgIpc) is 2.90. The molecule has 0 aromatic carbocycles. The van der Waals surface area contributed by atoms with Crippen molar-refractivity contribution in [1.29, 1.82) is 0 Å². The normalized spacial score (nSPS) is 28.3. The number of carboxylic acid groups (broad SMARTS) is 1. The summed E-state index contributed by atoms with van der Waals surface area (Å²) in [4.78, 5) is 25.1. The van der Waals surface area contributed by atoms with E-state index in [1.807, 2.05) is 11.9 Å². The molecule has 19 heavy (non-hydrogen) atoms. The fourth-order valence-electron chi connectivity index (χ4n) is 3.57. The number of hydrogen-bond donors (Lipinski definition) is 1. The maximum atomic E-state index is 12.3. The molecule has 2 rings (SSSR count). The van der Waals surface area contributed by atoms with Crippen LogP contribution in [-0.4, -0.2) is 35.5 Å².